The van der Waals surface area contributed by atoms with Gasteiger partial charge in [0.15, 0.2) is 34.9 Å². The number of hydrogen-bond donors (Lipinski definition) is 0. The molecule has 0 amide bonds. The van der Waals surface area contributed by atoms with Gasteiger partial charge in [0, 0.05) is 60.0 Å². The van der Waals surface area contributed by atoms with Gasteiger partial charge in [0.05, 0.1) is 55.3 Å². The highest BCUT2D eigenvalue weighted by atomic mass is 16.3. The molecule has 0 fully saturated rings. The summed E-state index contributed by atoms with van der Waals surface area (Å²) in [7, 11) is 0. The molecule has 0 spiro atoms. The molecule has 0 saturated heterocycles. The topological polar surface area (TPSA) is 113 Å². The summed E-state index contributed by atoms with van der Waals surface area (Å²) in [6.45, 7) is 0. The molecule has 574 valence electrons. The van der Waals surface area contributed by atoms with E-state index in [1.54, 1.807) is 0 Å². The highest BCUT2D eigenvalue weighted by Crippen LogP contribution is 2.49. The molecule has 0 atom stereocenters. The van der Waals surface area contributed by atoms with Crippen LogP contribution < -0.4 is 0 Å². The van der Waals surface area contributed by atoms with Gasteiger partial charge in [0.2, 0.25) is 0 Å². The van der Waals surface area contributed by atoms with E-state index in [-0.39, 0.29) is 0 Å². The monoisotopic (exact) mass is 1580 g/mol. The van der Waals surface area contributed by atoms with Crippen LogP contribution in [-0.4, -0.2) is 39.0 Å². The number of aromatic nitrogens is 8. The van der Waals surface area contributed by atoms with Crippen molar-refractivity contribution in [2.24, 2.45) is 0 Å². The first-order valence-corrected chi connectivity index (χ1v) is 41.9. The van der Waals surface area contributed by atoms with Crippen molar-refractivity contribution in [2.75, 3.05) is 0 Å². The zero-order valence-electron chi connectivity index (χ0n) is 66.5. The Morgan fingerprint density at radius 2 is 0.565 bits per heavy atom. The lowest BCUT2D eigenvalue weighted by atomic mass is 9.95. The molecule has 26 aromatic rings. The van der Waals surface area contributed by atoms with Crippen LogP contribution in [0.25, 0.3) is 265 Å². The Kier molecular flexibility index (Phi) is 15.3. The van der Waals surface area contributed by atoms with Crippen molar-refractivity contribution in [3.63, 3.8) is 0 Å². The maximum absolute atomic E-state index is 7.47. The van der Waals surface area contributed by atoms with Crippen LogP contribution in [0.15, 0.2) is 409 Å². The van der Waals surface area contributed by atoms with Crippen LogP contribution in [-0.2, 0) is 0 Å². The number of hydrogen-bond acceptors (Lipinski definition) is 8. The fourth-order valence-electron chi connectivity index (χ4n) is 19.3. The van der Waals surface area contributed by atoms with Crippen molar-refractivity contribution in [3.05, 3.63) is 400 Å². The Hall–Kier alpha value is -16.8. The van der Waals surface area contributed by atoms with Crippen molar-refractivity contribution >= 4 is 152 Å². The molecule has 10 heteroatoms. The van der Waals surface area contributed by atoms with E-state index in [9.17, 15) is 0 Å². The average molecular weight is 1580 g/mol. The number of fused-ring (bicyclic) bond motifs is 20. The van der Waals surface area contributed by atoms with Crippen LogP contribution in [0.1, 0.15) is 0 Å². The number of rotatable bonds is 11. The second-order valence-electron chi connectivity index (χ2n) is 32.4. The minimum atomic E-state index is 0.503. The van der Waals surface area contributed by atoms with Crippen molar-refractivity contribution in [2.45, 2.75) is 0 Å². The van der Waals surface area contributed by atoms with Crippen LogP contribution in [0, 0.1) is 0 Å². The van der Waals surface area contributed by atoms with Gasteiger partial charge in [-0.15, -0.1) is 0 Å². The Morgan fingerprint density at radius 3 is 1.22 bits per heavy atom. The lowest BCUT2D eigenvalue weighted by molar-refractivity contribution is 0.670. The molecule has 0 aliphatic carbocycles. The van der Waals surface area contributed by atoms with Gasteiger partial charge in [-0.3, -0.25) is 0 Å². The van der Waals surface area contributed by atoms with Crippen molar-refractivity contribution in [1.29, 1.82) is 0 Å². The first-order valence-electron chi connectivity index (χ1n) is 41.9. The highest BCUT2D eigenvalue weighted by Gasteiger charge is 2.29. The predicted octanol–water partition coefficient (Wildman–Crippen LogP) is 30.0. The molecule has 0 aliphatic rings. The minimum absolute atomic E-state index is 0.503. The van der Waals surface area contributed by atoms with E-state index in [0.29, 0.717) is 46.1 Å². The van der Waals surface area contributed by atoms with E-state index >= 15 is 0 Å². The fraction of sp³-hybridized carbons (Fsp3) is 0. The molecule has 10 nitrogen and oxygen atoms in total. The summed E-state index contributed by atoms with van der Waals surface area (Å²) in [6.07, 6.45) is 0. The quantitative estimate of drug-likeness (QED) is 0.126. The summed E-state index contributed by atoms with van der Waals surface area (Å²) in [5.41, 5.74) is 20.8. The summed E-state index contributed by atoms with van der Waals surface area (Å²) >= 11 is 0. The Morgan fingerprint density at radius 1 is 0.169 bits per heavy atom. The third kappa shape index (κ3) is 11.1. The molecule has 0 radical (unpaired) electrons. The van der Waals surface area contributed by atoms with Gasteiger partial charge in [-0.05, 0) is 196 Å². The molecule has 124 heavy (non-hydrogen) atoms. The molecule has 0 bridgehead atoms. The third-order valence-electron chi connectivity index (χ3n) is 25.3. The molecule has 6 heterocycles. The highest BCUT2D eigenvalue weighted by molar-refractivity contribution is 6.27. The van der Waals surface area contributed by atoms with Gasteiger partial charge in [-0.2, -0.15) is 0 Å². The van der Waals surface area contributed by atoms with Crippen molar-refractivity contribution < 1.29 is 8.83 Å². The summed E-state index contributed by atoms with van der Waals surface area (Å²) in [5.74, 6) is 3.23. The van der Waals surface area contributed by atoms with E-state index in [2.05, 4.69) is 385 Å². The molecule has 20 aromatic carbocycles. The molecule has 0 aliphatic heterocycles. The van der Waals surface area contributed by atoms with E-state index in [1.165, 1.54) is 21.5 Å². The van der Waals surface area contributed by atoms with Gasteiger partial charge in [0.25, 0.3) is 0 Å². The number of benzene rings is 20. The number of nitrogens with zero attached hydrogens (tertiary/aromatic N) is 8. The van der Waals surface area contributed by atoms with Crippen LogP contribution in [0.2, 0.25) is 0 Å². The van der Waals surface area contributed by atoms with Crippen LogP contribution >= 0.6 is 0 Å². The first-order chi connectivity index (χ1) is 61.4. The van der Waals surface area contributed by atoms with Gasteiger partial charge in [-0.25, -0.2) is 29.9 Å². The standard InChI is InChI=1S/C114H66N8O2/c1-3-21-67(22-4-1)69-41-44-72(45-42-69)110-116-112(86-46-43-68-23-7-8-27-73(68)59-86)120-114(118-110)92-53-55-98(104-90-51-47-70-24-15-16-38-88(70)106(90)124-108(92)104)122-97-54-49-84-58-83(48-50-87(84)103(97)94-62-78-29-10-13-32-81(78)65-101(94)122)75-35-19-34-74(57-75)76-36-20-37-85(60-76)111-115-109(71-25-5-2-6-26-71)117-113(119-111)91-52-56-99(105-95-63-79-30-11-14-33-82(79)66-102(95)123-107(91)105)121-96-40-18-17-39-89(96)93-61-77-28-9-12-31-80(77)64-100(93)121/h1-66H. The van der Waals surface area contributed by atoms with E-state index in [1.807, 2.05) is 24.3 Å². The second kappa shape index (κ2) is 27.4. The second-order valence-corrected chi connectivity index (χ2v) is 32.4. The number of furan rings is 2. The van der Waals surface area contributed by atoms with Crippen LogP contribution in [0.4, 0.5) is 0 Å². The summed E-state index contributed by atoms with van der Waals surface area (Å²) in [5, 5.41) is 22.1. The molecule has 0 unspecified atom stereocenters. The maximum atomic E-state index is 7.47. The van der Waals surface area contributed by atoms with Gasteiger partial charge < -0.3 is 18.0 Å². The summed E-state index contributed by atoms with van der Waals surface area (Å²) < 4.78 is 19.6. The van der Waals surface area contributed by atoms with Gasteiger partial charge >= 0.3 is 0 Å². The molecule has 0 saturated carbocycles. The molecule has 6 aromatic heterocycles. The van der Waals surface area contributed by atoms with Gasteiger partial charge in [0.1, 0.15) is 22.3 Å². The predicted molar refractivity (Wildman–Crippen MR) is 510 cm³/mol. The van der Waals surface area contributed by atoms with Crippen molar-refractivity contribution in [3.8, 4) is 113 Å². The fourth-order valence-corrected chi connectivity index (χ4v) is 19.3. The third-order valence-corrected chi connectivity index (χ3v) is 25.3. The zero-order valence-corrected chi connectivity index (χ0v) is 66.5. The average Bonchev–Trinajstić information content (AvgIpc) is 1.55. The SMILES string of the molecule is c1ccc(-c2ccc(-c3nc(-c4ccc5ccccc5c4)nc(-c4ccc(-n5c6cc7ccccc7cc6c6c7ccc(-c8cccc(-c9cccc(-c%10nc(-c%11ccccc%11)nc(-c%11ccc(-n%12c%13ccccc%13c%13cc%14ccccc%14cc%13%12)c%12c%11oc%11cc%13ccccc%13cc%11%12)n%10)c9)c8)cc7ccc65)c5c4oc4c6ccccc6ccc45)n3)cc2)cc1. The maximum Gasteiger partial charge on any atom is 0.167 e. The van der Waals surface area contributed by atoms with Crippen LogP contribution in [0.3, 0.4) is 0 Å². The summed E-state index contributed by atoms with van der Waals surface area (Å²) in [6, 6.07) is 143. The van der Waals surface area contributed by atoms with Gasteiger partial charge in [-0.1, -0.05) is 297 Å². The number of para-hydroxylation sites is 1. The lowest BCUT2D eigenvalue weighted by Gasteiger charge is -2.14. The van der Waals surface area contributed by atoms with E-state index < -0.39 is 0 Å². The zero-order chi connectivity index (χ0) is 81.2. The molecular weight excluding hydrogens is 1510 g/mol. The molecular formula is C114H66N8O2. The Bertz CT molecular complexity index is 9010. The van der Waals surface area contributed by atoms with E-state index in [4.69, 9.17) is 38.7 Å². The van der Waals surface area contributed by atoms with E-state index in [0.717, 1.165) is 198 Å². The Balaban J connectivity index is 0.601. The minimum Gasteiger partial charge on any atom is -0.455 e. The molecule has 26 rings (SSSR count). The normalized spacial score (nSPS) is 12.0. The van der Waals surface area contributed by atoms with Crippen molar-refractivity contribution in [1.82, 2.24) is 39.0 Å². The van der Waals surface area contributed by atoms with Crippen LogP contribution in [0.5, 0.6) is 0 Å². The largest absolute Gasteiger partial charge is 0.455 e. The first kappa shape index (κ1) is 69.2. The Labute approximate surface area is 708 Å². The smallest absolute Gasteiger partial charge is 0.167 e. The summed E-state index contributed by atoms with van der Waals surface area (Å²) in [4.78, 5) is 32.4. The lowest BCUT2D eigenvalue weighted by Crippen LogP contribution is -2.01. The molecule has 0 N–H and O–H groups in total.